The molecule has 2 rings (SSSR count). The summed E-state index contributed by atoms with van der Waals surface area (Å²) in [4.78, 5) is 0. The highest BCUT2D eigenvalue weighted by Crippen LogP contribution is 2.24. The molecule has 1 aromatic carbocycles. The first-order valence-electron chi connectivity index (χ1n) is 6.62. The van der Waals surface area contributed by atoms with E-state index in [0.29, 0.717) is 5.75 Å². The van der Waals surface area contributed by atoms with E-state index in [1.54, 1.807) is 0 Å². The lowest BCUT2D eigenvalue weighted by Crippen LogP contribution is -2.46. The van der Waals surface area contributed by atoms with Crippen LogP contribution in [0.4, 0.5) is 0 Å². The molecule has 1 aliphatic heterocycles. The smallest absolute Gasteiger partial charge is 0.121 e. The largest absolute Gasteiger partial charge is 0.507 e. The second kappa shape index (κ2) is 5.29. The maximum Gasteiger partial charge on any atom is 0.121 e. The molecule has 1 aromatic rings. The third-order valence-corrected chi connectivity index (χ3v) is 3.87. The molecule has 1 fully saturated rings. The number of rotatable bonds is 3. The van der Waals surface area contributed by atoms with E-state index in [1.165, 1.54) is 5.56 Å². The van der Waals surface area contributed by atoms with Crippen molar-refractivity contribution in [1.29, 1.82) is 0 Å². The molecule has 0 saturated carbocycles. The topological polar surface area (TPSA) is 41.5 Å². The van der Waals surface area contributed by atoms with Crippen LogP contribution < -0.4 is 5.32 Å². The van der Waals surface area contributed by atoms with Crippen molar-refractivity contribution >= 4 is 0 Å². The summed E-state index contributed by atoms with van der Waals surface area (Å²) in [6, 6.07) is 4.11. The van der Waals surface area contributed by atoms with Gasteiger partial charge in [0.2, 0.25) is 0 Å². The minimum atomic E-state index is 0.179. The van der Waals surface area contributed by atoms with Crippen LogP contribution in [0.25, 0.3) is 0 Å². The normalized spacial score (nSPS) is 18.8. The quantitative estimate of drug-likeness (QED) is 0.865. The highest BCUT2D eigenvalue weighted by atomic mass is 16.5. The molecular weight excluding hydrogens is 226 g/mol. The van der Waals surface area contributed by atoms with Crippen LogP contribution in [0.5, 0.6) is 5.75 Å². The Kier molecular flexibility index (Phi) is 3.93. The number of phenols is 1. The van der Waals surface area contributed by atoms with Crippen LogP contribution in [-0.4, -0.2) is 23.9 Å². The Bertz CT molecular complexity index is 399. The van der Waals surface area contributed by atoms with Gasteiger partial charge in [-0.15, -0.1) is 0 Å². The fraction of sp³-hybridized carbons (Fsp3) is 0.600. The van der Waals surface area contributed by atoms with Crippen molar-refractivity contribution in [3.05, 3.63) is 28.8 Å². The first-order chi connectivity index (χ1) is 8.50. The summed E-state index contributed by atoms with van der Waals surface area (Å²) in [5, 5.41) is 13.4. The van der Waals surface area contributed by atoms with Crippen LogP contribution in [0.2, 0.25) is 0 Å². The molecule has 0 amide bonds. The number of aryl methyl sites for hydroxylation is 2. The van der Waals surface area contributed by atoms with Gasteiger partial charge < -0.3 is 15.2 Å². The predicted molar refractivity (Wildman–Crippen MR) is 72.9 cm³/mol. The Balaban J connectivity index is 2.01. The molecular formula is C15H23NO2. The van der Waals surface area contributed by atoms with Crippen molar-refractivity contribution in [2.75, 3.05) is 13.2 Å². The average molecular weight is 249 g/mol. The maximum absolute atomic E-state index is 9.76. The molecule has 3 nitrogen and oxygen atoms in total. The van der Waals surface area contributed by atoms with E-state index in [2.05, 4.69) is 24.4 Å². The van der Waals surface area contributed by atoms with Gasteiger partial charge in [-0.3, -0.25) is 0 Å². The Morgan fingerprint density at radius 3 is 2.33 bits per heavy atom. The van der Waals surface area contributed by atoms with Crippen molar-refractivity contribution in [2.24, 2.45) is 0 Å². The van der Waals surface area contributed by atoms with E-state index in [4.69, 9.17) is 4.74 Å². The molecule has 1 aliphatic rings. The molecule has 3 heteroatoms. The molecule has 1 saturated heterocycles. The second-order valence-electron chi connectivity index (χ2n) is 5.60. The second-order valence-corrected chi connectivity index (χ2v) is 5.60. The van der Waals surface area contributed by atoms with E-state index >= 15 is 0 Å². The summed E-state index contributed by atoms with van der Waals surface area (Å²) in [6.45, 7) is 8.69. The zero-order chi connectivity index (χ0) is 13.2. The summed E-state index contributed by atoms with van der Waals surface area (Å²) in [7, 11) is 0. The molecule has 2 N–H and O–H groups in total. The molecule has 0 bridgehead atoms. The van der Waals surface area contributed by atoms with Crippen molar-refractivity contribution in [3.8, 4) is 5.75 Å². The predicted octanol–water partition coefficient (Wildman–Crippen LogP) is 2.67. The molecule has 100 valence electrons. The number of hydrogen-bond donors (Lipinski definition) is 2. The van der Waals surface area contributed by atoms with Crippen LogP contribution in [0.1, 0.15) is 36.5 Å². The summed E-state index contributed by atoms with van der Waals surface area (Å²) in [5.41, 5.74) is 3.31. The third kappa shape index (κ3) is 3.03. The molecule has 0 radical (unpaired) electrons. The van der Waals surface area contributed by atoms with E-state index in [9.17, 15) is 5.11 Å². The van der Waals surface area contributed by atoms with Gasteiger partial charge in [-0.05, 0) is 50.3 Å². The molecule has 0 aliphatic carbocycles. The van der Waals surface area contributed by atoms with Crippen LogP contribution >= 0.6 is 0 Å². The van der Waals surface area contributed by atoms with Crippen LogP contribution in [0.3, 0.4) is 0 Å². The molecule has 0 atom stereocenters. The summed E-state index contributed by atoms with van der Waals surface area (Å²) < 4.78 is 5.40. The minimum Gasteiger partial charge on any atom is -0.507 e. The number of aromatic hydroxyl groups is 1. The highest BCUT2D eigenvalue weighted by molar-refractivity contribution is 5.42. The van der Waals surface area contributed by atoms with Crippen molar-refractivity contribution < 1.29 is 9.84 Å². The van der Waals surface area contributed by atoms with E-state index < -0.39 is 0 Å². The Labute approximate surface area is 109 Å². The van der Waals surface area contributed by atoms with Crippen molar-refractivity contribution in [2.45, 2.75) is 45.7 Å². The number of benzene rings is 1. The lowest BCUT2D eigenvalue weighted by atomic mass is 9.92. The molecule has 0 unspecified atom stereocenters. The zero-order valence-electron chi connectivity index (χ0n) is 11.5. The average Bonchev–Trinajstić information content (AvgIpc) is 2.34. The molecule has 0 spiro atoms. The van der Waals surface area contributed by atoms with Gasteiger partial charge in [-0.2, -0.15) is 0 Å². The fourth-order valence-corrected chi connectivity index (χ4v) is 2.46. The van der Waals surface area contributed by atoms with Gasteiger partial charge in [-0.25, -0.2) is 0 Å². The summed E-state index contributed by atoms with van der Waals surface area (Å²) in [5.74, 6) is 0.413. The Morgan fingerprint density at radius 2 is 1.78 bits per heavy atom. The Morgan fingerprint density at radius 1 is 1.22 bits per heavy atom. The van der Waals surface area contributed by atoms with E-state index in [-0.39, 0.29) is 5.54 Å². The first kappa shape index (κ1) is 13.4. The minimum absolute atomic E-state index is 0.179. The van der Waals surface area contributed by atoms with Gasteiger partial charge in [0.25, 0.3) is 0 Å². The number of nitrogens with one attached hydrogen (secondary N) is 1. The maximum atomic E-state index is 9.76. The number of hydrogen-bond acceptors (Lipinski definition) is 3. The van der Waals surface area contributed by atoms with Gasteiger partial charge in [0.1, 0.15) is 5.75 Å². The summed E-state index contributed by atoms with van der Waals surface area (Å²) in [6.07, 6.45) is 2.12. The van der Waals surface area contributed by atoms with Crippen LogP contribution in [0.15, 0.2) is 12.1 Å². The van der Waals surface area contributed by atoms with E-state index in [1.807, 2.05) is 13.8 Å². The van der Waals surface area contributed by atoms with Gasteiger partial charge >= 0.3 is 0 Å². The van der Waals surface area contributed by atoms with Gasteiger partial charge in [0, 0.05) is 25.3 Å². The SMILES string of the molecule is Cc1cc(CNC2(C)CCOCC2)cc(C)c1O. The Hall–Kier alpha value is -1.06. The lowest BCUT2D eigenvalue weighted by Gasteiger charge is -2.34. The molecule has 18 heavy (non-hydrogen) atoms. The number of phenolic OH excluding ortho intramolecular Hbond substituents is 1. The van der Waals surface area contributed by atoms with Crippen LogP contribution in [0, 0.1) is 13.8 Å². The standard InChI is InChI=1S/C15H23NO2/c1-11-8-13(9-12(2)14(11)17)10-16-15(3)4-6-18-7-5-15/h8-9,16-17H,4-7,10H2,1-3H3. The van der Waals surface area contributed by atoms with Crippen molar-refractivity contribution in [3.63, 3.8) is 0 Å². The van der Waals surface area contributed by atoms with Crippen molar-refractivity contribution in [1.82, 2.24) is 5.32 Å². The fourth-order valence-electron chi connectivity index (χ4n) is 2.46. The molecule has 1 heterocycles. The monoisotopic (exact) mass is 249 g/mol. The van der Waals surface area contributed by atoms with Gasteiger partial charge in [-0.1, -0.05) is 12.1 Å². The van der Waals surface area contributed by atoms with Gasteiger partial charge in [0.15, 0.2) is 0 Å². The van der Waals surface area contributed by atoms with E-state index in [0.717, 1.165) is 43.7 Å². The van der Waals surface area contributed by atoms with Gasteiger partial charge in [0.05, 0.1) is 0 Å². The lowest BCUT2D eigenvalue weighted by molar-refractivity contribution is 0.0446. The first-order valence-corrected chi connectivity index (χ1v) is 6.62. The summed E-state index contributed by atoms with van der Waals surface area (Å²) >= 11 is 0. The number of ether oxygens (including phenoxy) is 1. The third-order valence-electron chi connectivity index (χ3n) is 3.87. The molecule has 0 aromatic heterocycles. The zero-order valence-corrected chi connectivity index (χ0v) is 11.5. The van der Waals surface area contributed by atoms with Crippen LogP contribution in [-0.2, 0) is 11.3 Å². The highest BCUT2D eigenvalue weighted by Gasteiger charge is 2.26.